The van der Waals surface area contributed by atoms with E-state index in [1.54, 1.807) is 0 Å². The average Bonchev–Trinajstić information content (AvgIpc) is 2.40. The summed E-state index contributed by atoms with van der Waals surface area (Å²) in [5.41, 5.74) is -0.110. The highest BCUT2D eigenvalue weighted by Gasteiger charge is 2.20. The van der Waals surface area contributed by atoms with Crippen LogP contribution in [0.15, 0.2) is 0 Å². The first-order valence-corrected chi connectivity index (χ1v) is 7.64. The normalized spacial score (nSPS) is 15.0. The van der Waals surface area contributed by atoms with Crippen LogP contribution in [0.1, 0.15) is 59.3 Å². The Kier molecular flexibility index (Phi) is 10.7. The van der Waals surface area contributed by atoms with Crippen molar-refractivity contribution in [2.24, 2.45) is 0 Å². The lowest BCUT2D eigenvalue weighted by molar-refractivity contribution is 0.163. The topological polar surface area (TPSA) is 35.5 Å². The van der Waals surface area contributed by atoms with Gasteiger partial charge in [-0.2, -0.15) is 0 Å². The average molecular weight is 258 g/mol. The van der Waals surface area contributed by atoms with Crippen LogP contribution in [0.5, 0.6) is 0 Å². The van der Waals surface area contributed by atoms with Gasteiger partial charge >= 0.3 is 0 Å². The molecule has 1 atom stereocenters. The molecule has 0 aromatic heterocycles. The van der Waals surface area contributed by atoms with Crippen molar-refractivity contribution in [1.82, 2.24) is 10.2 Å². The smallest absolute Gasteiger partial charge is 0.0610 e. The maximum Gasteiger partial charge on any atom is 0.0610 e. The summed E-state index contributed by atoms with van der Waals surface area (Å²) in [6.45, 7) is 10.4. The Hall–Kier alpha value is -0.120. The predicted molar refractivity (Wildman–Crippen MR) is 80.0 cm³/mol. The number of aliphatic hydroxyl groups excluding tert-OH is 1. The molecule has 0 fully saturated rings. The fraction of sp³-hybridized carbons (Fsp3) is 1.00. The Bertz CT molecular complexity index is 173. The molecule has 0 radical (unpaired) electrons. The van der Waals surface area contributed by atoms with E-state index in [0.29, 0.717) is 0 Å². The van der Waals surface area contributed by atoms with Crippen LogP contribution in [0.3, 0.4) is 0 Å². The Labute approximate surface area is 114 Å². The summed E-state index contributed by atoms with van der Waals surface area (Å²) in [7, 11) is 1.93. The summed E-state index contributed by atoms with van der Waals surface area (Å²) in [6, 6.07) is 0. The number of likely N-dealkylation sites (N-methyl/N-ethyl adjacent to an activating group) is 1. The highest BCUT2D eigenvalue weighted by molar-refractivity contribution is 4.80. The van der Waals surface area contributed by atoms with E-state index in [1.807, 2.05) is 7.05 Å². The summed E-state index contributed by atoms with van der Waals surface area (Å²) in [6.07, 6.45) is 7.33. The quantitative estimate of drug-likeness (QED) is 0.565. The second kappa shape index (κ2) is 10.8. The van der Waals surface area contributed by atoms with Gasteiger partial charge in [-0.05, 0) is 59.3 Å². The van der Waals surface area contributed by atoms with Crippen molar-refractivity contribution in [2.45, 2.75) is 64.8 Å². The minimum atomic E-state index is -0.110. The van der Waals surface area contributed by atoms with E-state index in [9.17, 15) is 5.11 Å². The summed E-state index contributed by atoms with van der Waals surface area (Å²) < 4.78 is 0. The number of nitrogens with one attached hydrogen (secondary N) is 1. The van der Waals surface area contributed by atoms with Gasteiger partial charge in [0.05, 0.1) is 6.61 Å². The van der Waals surface area contributed by atoms with E-state index in [1.165, 1.54) is 38.8 Å². The SMILES string of the molecule is CCCCN(CCCC)CCCC(C)(CO)NC. The van der Waals surface area contributed by atoms with Gasteiger partial charge < -0.3 is 15.3 Å². The lowest BCUT2D eigenvalue weighted by Gasteiger charge is -2.29. The highest BCUT2D eigenvalue weighted by atomic mass is 16.3. The lowest BCUT2D eigenvalue weighted by Crippen LogP contribution is -2.44. The standard InChI is InChI=1S/C15H34N2O/c1-5-7-11-17(12-8-6-2)13-9-10-15(3,14-18)16-4/h16,18H,5-14H2,1-4H3. The number of hydrogen-bond acceptors (Lipinski definition) is 3. The van der Waals surface area contributed by atoms with Gasteiger partial charge in [-0.15, -0.1) is 0 Å². The monoisotopic (exact) mass is 258 g/mol. The van der Waals surface area contributed by atoms with Crippen molar-refractivity contribution < 1.29 is 5.11 Å². The molecule has 0 heterocycles. The minimum Gasteiger partial charge on any atom is -0.394 e. The van der Waals surface area contributed by atoms with Crippen molar-refractivity contribution in [3.05, 3.63) is 0 Å². The molecule has 1 unspecified atom stereocenters. The first-order chi connectivity index (χ1) is 8.61. The first-order valence-electron chi connectivity index (χ1n) is 7.64. The Morgan fingerprint density at radius 1 is 1.00 bits per heavy atom. The van der Waals surface area contributed by atoms with Crippen molar-refractivity contribution in [3.8, 4) is 0 Å². The maximum atomic E-state index is 9.36. The molecule has 0 saturated carbocycles. The molecule has 18 heavy (non-hydrogen) atoms. The molecular formula is C15H34N2O. The molecule has 0 aliphatic rings. The van der Waals surface area contributed by atoms with Crippen LogP contribution >= 0.6 is 0 Å². The number of nitrogens with zero attached hydrogens (tertiary/aromatic N) is 1. The molecular weight excluding hydrogens is 224 g/mol. The van der Waals surface area contributed by atoms with E-state index < -0.39 is 0 Å². The summed E-state index contributed by atoms with van der Waals surface area (Å²) in [4.78, 5) is 2.58. The van der Waals surface area contributed by atoms with Gasteiger partial charge in [-0.25, -0.2) is 0 Å². The summed E-state index contributed by atoms with van der Waals surface area (Å²) in [5, 5.41) is 12.6. The molecule has 0 bridgehead atoms. The molecule has 0 saturated heterocycles. The van der Waals surface area contributed by atoms with Gasteiger partial charge in [-0.3, -0.25) is 0 Å². The van der Waals surface area contributed by atoms with E-state index >= 15 is 0 Å². The zero-order valence-electron chi connectivity index (χ0n) is 13.0. The van der Waals surface area contributed by atoms with Crippen molar-refractivity contribution >= 4 is 0 Å². The van der Waals surface area contributed by atoms with Crippen molar-refractivity contribution in [2.75, 3.05) is 33.3 Å². The van der Waals surface area contributed by atoms with E-state index in [2.05, 4.69) is 31.0 Å². The van der Waals surface area contributed by atoms with Gasteiger partial charge in [0, 0.05) is 5.54 Å². The summed E-state index contributed by atoms with van der Waals surface area (Å²) in [5.74, 6) is 0. The van der Waals surface area contributed by atoms with Gasteiger partial charge in [0.2, 0.25) is 0 Å². The van der Waals surface area contributed by atoms with Crippen LogP contribution in [0.4, 0.5) is 0 Å². The summed E-state index contributed by atoms with van der Waals surface area (Å²) >= 11 is 0. The molecule has 3 heteroatoms. The number of hydrogen-bond donors (Lipinski definition) is 2. The third-order valence-electron chi connectivity index (χ3n) is 3.81. The fourth-order valence-electron chi connectivity index (χ4n) is 2.07. The second-order valence-electron chi connectivity index (χ2n) is 5.62. The zero-order valence-corrected chi connectivity index (χ0v) is 13.0. The molecule has 0 spiro atoms. The number of unbranched alkanes of at least 4 members (excludes halogenated alkanes) is 2. The molecule has 3 nitrogen and oxygen atoms in total. The van der Waals surface area contributed by atoms with E-state index in [0.717, 1.165) is 19.4 Å². The third kappa shape index (κ3) is 8.06. The van der Waals surface area contributed by atoms with Gasteiger partial charge in [0.15, 0.2) is 0 Å². The lowest BCUT2D eigenvalue weighted by atomic mass is 9.97. The van der Waals surface area contributed by atoms with Gasteiger partial charge in [-0.1, -0.05) is 26.7 Å². The minimum absolute atomic E-state index is 0.110. The van der Waals surface area contributed by atoms with Crippen LogP contribution in [-0.4, -0.2) is 48.8 Å². The van der Waals surface area contributed by atoms with Crippen LogP contribution < -0.4 is 5.32 Å². The number of aliphatic hydroxyl groups is 1. The maximum absolute atomic E-state index is 9.36. The van der Waals surface area contributed by atoms with Gasteiger partial charge in [0.1, 0.15) is 0 Å². The zero-order chi connectivity index (χ0) is 13.9. The molecule has 0 aromatic rings. The van der Waals surface area contributed by atoms with Crippen LogP contribution in [0.25, 0.3) is 0 Å². The highest BCUT2D eigenvalue weighted by Crippen LogP contribution is 2.12. The molecule has 0 aliphatic heterocycles. The number of rotatable bonds is 12. The Morgan fingerprint density at radius 3 is 1.89 bits per heavy atom. The van der Waals surface area contributed by atoms with Crippen molar-refractivity contribution in [3.63, 3.8) is 0 Å². The molecule has 0 rings (SSSR count). The van der Waals surface area contributed by atoms with Crippen molar-refractivity contribution in [1.29, 1.82) is 0 Å². The predicted octanol–water partition coefficient (Wildman–Crippen LogP) is 2.64. The molecule has 0 aliphatic carbocycles. The van der Waals surface area contributed by atoms with E-state index in [-0.39, 0.29) is 12.1 Å². The van der Waals surface area contributed by atoms with Crippen LogP contribution in [0, 0.1) is 0 Å². The molecule has 110 valence electrons. The Morgan fingerprint density at radius 2 is 1.50 bits per heavy atom. The third-order valence-corrected chi connectivity index (χ3v) is 3.81. The fourth-order valence-corrected chi connectivity index (χ4v) is 2.07. The second-order valence-corrected chi connectivity index (χ2v) is 5.62. The van der Waals surface area contributed by atoms with Gasteiger partial charge in [0.25, 0.3) is 0 Å². The van der Waals surface area contributed by atoms with Crippen LogP contribution in [-0.2, 0) is 0 Å². The van der Waals surface area contributed by atoms with Crippen LogP contribution in [0.2, 0.25) is 0 Å². The van der Waals surface area contributed by atoms with E-state index in [4.69, 9.17) is 0 Å². The largest absolute Gasteiger partial charge is 0.394 e. The Balaban J connectivity index is 3.93. The first kappa shape index (κ1) is 17.9. The molecule has 0 aromatic carbocycles. The molecule has 2 N–H and O–H groups in total. The molecule has 0 amide bonds.